The van der Waals surface area contributed by atoms with Gasteiger partial charge in [0.15, 0.2) is 11.5 Å². The van der Waals surface area contributed by atoms with E-state index in [1.807, 2.05) is 12.1 Å². The normalized spacial score (nSPS) is 19.2. The first-order valence-corrected chi connectivity index (χ1v) is 8.66. The summed E-state index contributed by atoms with van der Waals surface area (Å²) in [5.74, 6) is 1.07. The van der Waals surface area contributed by atoms with E-state index in [1.54, 1.807) is 6.07 Å². The number of rotatable bonds is 3. The second-order valence-electron chi connectivity index (χ2n) is 6.58. The third-order valence-electron chi connectivity index (χ3n) is 4.93. The minimum atomic E-state index is -0.116. The Kier molecular flexibility index (Phi) is 4.32. The van der Waals surface area contributed by atoms with Gasteiger partial charge in [0.2, 0.25) is 0 Å². The van der Waals surface area contributed by atoms with Gasteiger partial charge in [-0.25, -0.2) is 0 Å². The molecule has 0 radical (unpaired) electrons. The zero-order chi connectivity index (χ0) is 17.2. The maximum absolute atomic E-state index is 12.6. The van der Waals surface area contributed by atoms with Crippen molar-refractivity contribution >= 4 is 5.91 Å². The van der Waals surface area contributed by atoms with Gasteiger partial charge < -0.3 is 14.8 Å². The van der Waals surface area contributed by atoms with Crippen LogP contribution in [0.1, 0.15) is 21.5 Å². The number of nitrogens with zero attached hydrogens (tertiary/aromatic N) is 1. The number of para-hydroxylation sites is 1. The van der Waals surface area contributed by atoms with Crippen molar-refractivity contribution in [2.24, 2.45) is 0 Å². The summed E-state index contributed by atoms with van der Waals surface area (Å²) in [5.41, 5.74) is 3.28. The van der Waals surface area contributed by atoms with E-state index in [-0.39, 0.29) is 11.9 Å². The Morgan fingerprint density at radius 2 is 1.92 bits per heavy atom. The minimum absolute atomic E-state index is 0.116. The van der Waals surface area contributed by atoms with Gasteiger partial charge in [0.05, 0.1) is 5.56 Å². The van der Waals surface area contributed by atoms with E-state index in [4.69, 9.17) is 9.47 Å². The van der Waals surface area contributed by atoms with Crippen molar-refractivity contribution in [1.82, 2.24) is 10.2 Å². The topological polar surface area (TPSA) is 50.8 Å². The van der Waals surface area contributed by atoms with E-state index >= 15 is 0 Å². The average Bonchev–Trinajstić information content (AvgIpc) is 2.65. The number of fused-ring (bicyclic) bond motifs is 2. The van der Waals surface area contributed by atoms with E-state index in [9.17, 15) is 4.79 Å². The Balaban J connectivity index is 1.44. The molecule has 0 fully saturated rings. The van der Waals surface area contributed by atoms with Crippen LogP contribution in [0, 0.1) is 0 Å². The van der Waals surface area contributed by atoms with Crippen LogP contribution in [0.3, 0.4) is 0 Å². The summed E-state index contributed by atoms with van der Waals surface area (Å²) in [4.78, 5) is 14.9. The molecule has 0 saturated heterocycles. The van der Waals surface area contributed by atoms with Crippen LogP contribution in [0.2, 0.25) is 0 Å². The van der Waals surface area contributed by atoms with Gasteiger partial charge in [0.25, 0.3) is 5.91 Å². The number of carbonyl (C=O) groups is 1. The fourth-order valence-electron chi connectivity index (χ4n) is 3.50. The summed E-state index contributed by atoms with van der Waals surface area (Å²) in [6.45, 7) is 2.51. The zero-order valence-corrected chi connectivity index (χ0v) is 14.3. The first-order valence-electron chi connectivity index (χ1n) is 8.66. The maximum atomic E-state index is 12.6. The van der Waals surface area contributed by atoms with Gasteiger partial charge in [0, 0.05) is 19.1 Å². The number of ether oxygens (including phenoxy) is 2. The number of hydrogen-bond donors (Lipinski definition) is 1. The van der Waals surface area contributed by atoms with Crippen LogP contribution in [-0.2, 0) is 13.0 Å². The van der Waals surface area contributed by atoms with E-state index in [1.165, 1.54) is 11.1 Å². The first kappa shape index (κ1) is 16.0. The van der Waals surface area contributed by atoms with Crippen LogP contribution in [0.25, 0.3) is 0 Å². The Morgan fingerprint density at radius 3 is 2.80 bits per heavy atom. The molecule has 0 bridgehead atoms. The molecule has 0 spiro atoms. The number of amides is 1. The lowest BCUT2D eigenvalue weighted by molar-refractivity contribution is 0.0923. The summed E-state index contributed by atoms with van der Waals surface area (Å²) in [6, 6.07) is 14.2. The van der Waals surface area contributed by atoms with E-state index < -0.39 is 0 Å². The number of nitrogens with one attached hydrogen (secondary N) is 1. The zero-order valence-electron chi connectivity index (χ0n) is 14.3. The molecule has 1 atom stereocenters. The average molecular weight is 338 g/mol. The first-order chi connectivity index (χ1) is 12.2. The van der Waals surface area contributed by atoms with Gasteiger partial charge >= 0.3 is 0 Å². The van der Waals surface area contributed by atoms with Crippen molar-refractivity contribution in [3.05, 3.63) is 59.2 Å². The van der Waals surface area contributed by atoms with Crippen molar-refractivity contribution in [1.29, 1.82) is 0 Å². The Labute approximate surface area is 147 Å². The highest BCUT2D eigenvalue weighted by molar-refractivity contribution is 5.97. The molecule has 5 heteroatoms. The lowest BCUT2D eigenvalue weighted by Crippen LogP contribution is -2.45. The molecule has 0 saturated carbocycles. The Hall–Kier alpha value is -2.53. The van der Waals surface area contributed by atoms with E-state index in [2.05, 4.69) is 41.5 Å². The van der Waals surface area contributed by atoms with Gasteiger partial charge in [-0.2, -0.15) is 0 Å². The summed E-state index contributed by atoms with van der Waals surface area (Å²) >= 11 is 0. The molecule has 1 N–H and O–H groups in total. The molecule has 1 amide bonds. The summed E-state index contributed by atoms with van der Waals surface area (Å²) in [5, 5.41) is 3.06. The second-order valence-corrected chi connectivity index (χ2v) is 6.58. The van der Waals surface area contributed by atoms with Gasteiger partial charge in [-0.3, -0.25) is 9.69 Å². The fourth-order valence-corrected chi connectivity index (χ4v) is 3.50. The van der Waals surface area contributed by atoms with Gasteiger partial charge in [0.1, 0.15) is 13.2 Å². The third kappa shape index (κ3) is 3.20. The van der Waals surface area contributed by atoms with Crippen LogP contribution in [-0.4, -0.2) is 43.7 Å². The SMILES string of the molecule is CN1Cc2ccccc2CC1CNC(=O)c1cccc2c1OCCO2. The quantitative estimate of drug-likeness (QED) is 0.933. The minimum Gasteiger partial charge on any atom is -0.486 e. The van der Waals surface area contributed by atoms with Crippen LogP contribution in [0.15, 0.2) is 42.5 Å². The van der Waals surface area contributed by atoms with Gasteiger partial charge in [-0.05, 0) is 36.7 Å². The maximum Gasteiger partial charge on any atom is 0.255 e. The molecule has 130 valence electrons. The number of hydrogen-bond acceptors (Lipinski definition) is 4. The van der Waals surface area contributed by atoms with E-state index in [0.717, 1.165) is 13.0 Å². The molecule has 2 aromatic carbocycles. The molecule has 25 heavy (non-hydrogen) atoms. The molecule has 0 aliphatic carbocycles. The molecule has 0 aromatic heterocycles. The van der Waals surface area contributed by atoms with Crippen LogP contribution >= 0.6 is 0 Å². The van der Waals surface area contributed by atoms with Gasteiger partial charge in [-0.15, -0.1) is 0 Å². The monoisotopic (exact) mass is 338 g/mol. The highest BCUT2D eigenvalue weighted by Crippen LogP contribution is 2.33. The van der Waals surface area contributed by atoms with Crippen LogP contribution in [0.5, 0.6) is 11.5 Å². The molecule has 2 aliphatic rings. The van der Waals surface area contributed by atoms with Crippen molar-refractivity contribution < 1.29 is 14.3 Å². The molecule has 2 aliphatic heterocycles. The highest BCUT2D eigenvalue weighted by Gasteiger charge is 2.25. The van der Waals surface area contributed by atoms with Crippen molar-refractivity contribution in [2.75, 3.05) is 26.8 Å². The lowest BCUT2D eigenvalue weighted by atomic mass is 9.94. The molecule has 2 heterocycles. The fraction of sp³-hybridized carbons (Fsp3) is 0.350. The van der Waals surface area contributed by atoms with Crippen molar-refractivity contribution in [3.8, 4) is 11.5 Å². The standard InChI is InChI=1S/C20H22N2O3/c1-22-13-15-6-3-2-5-14(15)11-16(22)12-21-20(23)17-7-4-8-18-19(17)25-10-9-24-18/h2-8,16H,9-13H2,1H3,(H,21,23). The third-order valence-corrected chi connectivity index (χ3v) is 4.93. The lowest BCUT2D eigenvalue weighted by Gasteiger charge is -2.34. The molecule has 2 aromatic rings. The van der Waals surface area contributed by atoms with Crippen molar-refractivity contribution in [3.63, 3.8) is 0 Å². The predicted octanol–water partition coefficient (Wildman–Crippen LogP) is 2.24. The van der Waals surface area contributed by atoms with E-state index in [0.29, 0.717) is 36.8 Å². The number of benzene rings is 2. The molecule has 1 unspecified atom stereocenters. The molecule has 4 rings (SSSR count). The second kappa shape index (κ2) is 6.76. The smallest absolute Gasteiger partial charge is 0.255 e. The summed E-state index contributed by atoms with van der Waals surface area (Å²) < 4.78 is 11.2. The van der Waals surface area contributed by atoms with Crippen LogP contribution < -0.4 is 14.8 Å². The molecular weight excluding hydrogens is 316 g/mol. The van der Waals surface area contributed by atoms with Crippen LogP contribution in [0.4, 0.5) is 0 Å². The number of likely N-dealkylation sites (N-methyl/N-ethyl adjacent to an activating group) is 1. The Morgan fingerprint density at radius 1 is 1.12 bits per heavy atom. The molecule has 5 nitrogen and oxygen atoms in total. The number of carbonyl (C=O) groups excluding carboxylic acids is 1. The largest absolute Gasteiger partial charge is 0.486 e. The Bertz CT molecular complexity index is 790. The predicted molar refractivity (Wildman–Crippen MR) is 95.2 cm³/mol. The highest BCUT2D eigenvalue weighted by atomic mass is 16.6. The summed E-state index contributed by atoms with van der Waals surface area (Å²) in [6.07, 6.45) is 0.944. The van der Waals surface area contributed by atoms with Gasteiger partial charge in [-0.1, -0.05) is 30.3 Å². The van der Waals surface area contributed by atoms with Crippen molar-refractivity contribution in [2.45, 2.75) is 19.0 Å². The summed E-state index contributed by atoms with van der Waals surface area (Å²) in [7, 11) is 2.11. The molecular formula is C20H22N2O3.